The molecule has 1 aromatic carbocycles. The summed E-state index contributed by atoms with van der Waals surface area (Å²) in [7, 11) is 0. The highest BCUT2D eigenvalue weighted by Gasteiger charge is 2.06. The normalized spacial score (nSPS) is 10.5. The largest absolute Gasteiger partial charge is 0.437 e. The second kappa shape index (κ2) is 4.13. The minimum Gasteiger partial charge on any atom is -0.392 e. The van der Waals surface area contributed by atoms with Crippen molar-refractivity contribution < 1.29 is 4.42 Å². The molecule has 0 aliphatic rings. The van der Waals surface area contributed by atoms with Gasteiger partial charge < -0.3 is 4.42 Å². The molecule has 0 radical (unpaired) electrons. The Bertz CT molecular complexity index is 485. The fourth-order valence-corrected chi connectivity index (χ4v) is 1.39. The Hall–Kier alpha value is -1.84. The van der Waals surface area contributed by atoms with Gasteiger partial charge in [-0.25, -0.2) is 4.79 Å². The molecule has 0 saturated heterocycles. The molecule has 2 aromatic rings. The van der Waals surface area contributed by atoms with E-state index < -0.39 is 0 Å². The van der Waals surface area contributed by atoms with Crippen LogP contribution in [0.15, 0.2) is 39.5 Å². The average molecular weight is 204 g/mol. The van der Waals surface area contributed by atoms with Gasteiger partial charge in [0.25, 0.3) is 0 Å². The fraction of sp³-hybridized carbons (Fsp3) is 0.273. The van der Waals surface area contributed by atoms with Crippen LogP contribution in [0.2, 0.25) is 0 Å². The van der Waals surface area contributed by atoms with Crippen molar-refractivity contribution in [1.29, 1.82) is 0 Å². The zero-order valence-corrected chi connectivity index (χ0v) is 8.51. The Balaban J connectivity index is 2.22. The number of nitrogens with zero attached hydrogens (tertiary/aromatic N) is 2. The molecule has 0 fully saturated rings. The molecule has 1 heterocycles. The minimum atomic E-state index is -0.386. The third-order valence-electron chi connectivity index (χ3n) is 2.15. The Morgan fingerprint density at radius 3 is 2.67 bits per heavy atom. The van der Waals surface area contributed by atoms with Crippen molar-refractivity contribution in [1.82, 2.24) is 9.78 Å². The molecule has 0 unspecified atom stereocenters. The first-order chi connectivity index (χ1) is 7.29. The summed E-state index contributed by atoms with van der Waals surface area (Å²) >= 11 is 0. The van der Waals surface area contributed by atoms with Crippen molar-refractivity contribution in [3.63, 3.8) is 0 Å². The number of aryl methyl sites for hydroxylation is 1. The van der Waals surface area contributed by atoms with Gasteiger partial charge in [0.15, 0.2) is 0 Å². The molecule has 78 valence electrons. The zero-order valence-electron chi connectivity index (χ0n) is 8.51. The lowest BCUT2D eigenvalue weighted by atomic mass is 10.2. The topological polar surface area (TPSA) is 48.0 Å². The first-order valence-corrected chi connectivity index (χ1v) is 4.90. The number of aromatic nitrogens is 2. The molecule has 0 bridgehead atoms. The van der Waals surface area contributed by atoms with E-state index in [1.54, 1.807) is 0 Å². The third-order valence-corrected chi connectivity index (χ3v) is 2.15. The van der Waals surface area contributed by atoms with E-state index in [-0.39, 0.29) is 5.76 Å². The van der Waals surface area contributed by atoms with E-state index in [0.717, 1.165) is 5.56 Å². The highest BCUT2D eigenvalue weighted by atomic mass is 16.4. The van der Waals surface area contributed by atoms with Crippen LogP contribution in [0.5, 0.6) is 0 Å². The van der Waals surface area contributed by atoms with Gasteiger partial charge in [-0.15, -0.1) is 5.10 Å². The van der Waals surface area contributed by atoms with E-state index in [1.807, 2.05) is 37.3 Å². The highest BCUT2D eigenvalue weighted by Crippen LogP contribution is 2.04. The lowest BCUT2D eigenvalue weighted by molar-refractivity contribution is 0.455. The molecule has 2 rings (SSSR count). The third kappa shape index (κ3) is 2.15. The summed E-state index contributed by atoms with van der Waals surface area (Å²) in [5, 5.41) is 4.06. The van der Waals surface area contributed by atoms with Gasteiger partial charge in [-0.05, 0) is 12.5 Å². The van der Waals surface area contributed by atoms with Crippen molar-refractivity contribution in [3.8, 4) is 0 Å². The predicted molar refractivity (Wildman–Crippen MR) is 55.7 cm³/mol. The van der Waals surface area contributed by atoms with Gasteiger partial charge in [-0.2, -0.15) is 4.68 Å². The van der Waals surface area contributed by atoms with E-state index in [4.69, 9.17) is 4.42 Å². The van der Waals surface area contributed by atoms with Crippen LogP contribution in [-0.2, 0) is 13.0 Å². The number of hydrogen-bond donors (Lipinski definition) is 0. The summed E-state index contributed by atoms with van der Waals surface area (Å²) in [5.74, 6) is 0.0801. The van der Waals surface area contributed by atoms with E-state index in [9.17, 15) is 4.79 Å². The van der Waals surface area contributed by atoms with Crippen LogP contribution < -0.4 is 5.76 Å². The summed E-state index contributed by atoms with van der Waals surface area (Å²) in [6.45, 7) is 2.40. The molecule has 0 saturated carbocycles. The van der Waals surface area contributed by atoms with Gasteiger partial charge in [0, 0.05) is 6.54 Å². The Morgan fingerprint density at radius 1 is 1.33 bits per heavy atom. The second-order valence-corrected chi connectivity index (χ2v) is 3.24. The summed E-state index contributed by atoms with van der Waals surface area (Å²) < 4.78 is 6.32. The van der Waals surface area contributed by atoms with Crippen molar-refractivity contribution >= 4 is 0 Å². The Morgan fingerprint density at radius 2 is 2.07 bits per heavy atom. The monoisotopic (exact) mass is 204 g/mol. The molecule has 0 amide bonds. The molecular weight excluding hydrogens is 192 g/mol. The van der Waals surface area contributed by atoms with Gasteiger partial charge in [0.2, 0.25) is 5.89 Å². The molecule has 0 atom stereocenters. The van der Waals surface area contributed by atoms with Gasteiger partial charge in [-0.1, -0.05) is 30.3 Å². The lowest BCUT2D eigenvalue weighted by Gasteiger charge is -1.94. The molecule has 1 aromatic heterocycles. The molecule has 15 heavy (non-hydrogen) atoms. The first kappa shape index (κ1) is 9.71. The second-order valence-electron chi connectivity index (χ2n) is 3.24. The van der Waals surface area contributed by atoms with Gasteiger partial charge >= 0.3 is 5.76 Å². The van der Waals surface area contributed by atoms with Crippen molar-refractivity contribution in [2.45, 2.75) is 19.9 Å². The van der Waals surface area contributed by atoms with Crippen LogP contribution in [0.4, 0.5) is 0 Å². The summed E-state index contributed by atoms with van der Waals surface area (Å²) in [4.78, 5) is 11.2. The van der Waals surface area contributed by atoms with Crippen LogP contribution in [-0.4, -0.2) is 9.78 Å². The summed E-state index contributed by atoms with van der Waals surface area (Å²) in [6.07, 6.45) is 0.559. The van der Waals surface area contributed by atoms with E-state index in [2.05, 4.69) is 5.10 Å². The Kier molecular flexibility index (Phi) is 2.67. The van der Waals surface area contributed by atoms with E-state index >= 15 is 0 Å². The van der Waals surface area contributed by atoms with Crippen molar-refractivity contribution in [3.05, 3.63) is 52.3 Å². The predicted octanol–water partition coefficient (Wildman–Crippen LogP) is 1.45. The van der Waals surface area contributed by atoms with Crippen LogP contribution >= 0.6 is 0 Å². The smallest absolute Gasteiger partial charge is 0.392 e. The number of rotatable bonds is 3. The van der Waals surface area contributed by atoms with Gasteiger partial charge in [0.1, 0.15) is 0 Å². The molecule has 0 N–H and O–H groups in total. The summed E-state index contributed by atoms with van der Waals surface area (Å²) in [6, 6.07) is 9.80. The molecular formula is C11H12N2O2. The summed E-state index contributed by atoms with van der Waals surface area (Å²) in [5.41, 5.74) is 1.09. The SMILES string of the molecule is CCn1nc(Cc2ccccc2)oc1=O. The number of hydrogen-bond acceptors (Lipinski definition) is 3. The maximum absolute atomic E-state index is 11.2. The van der Waals surface area contributed by atoms with Crippen molar-refractivity contribution in [2.24, 2.45) is 0 Å². The Labute approximate surface area is 87.2 Å². The van der Waals surface area contributed by atoms with Crippen LogP contribution in [0, 0.1) is 0 Å². The maximum atomic E-state index is 11.2. The quantitative estimate of drug-likeness (QED) is 0.760. The highest BCUT2D eigenvalue weighted by molar-refractivity contribution is 5.17. The minimum absolute atomic E-state index is 0.386. The average Bonchev–Trinajstić information content (AvgIpc) is 2.60. The van der Waals surface area contributed by atoms with Gasteiger partial charge in [0.05, 0.1) is 6.42 Å². The van der Waals surface area contributed by atoms with Crippen LogP contribution in [0.25, 0.3) is 0 Å². The zero-order chi connectivity index (χ0) is 10.7. The van der Waals surface area contributed by atoms with Crippen molar-refractivity contribution in [2.75, 3.05) is 0 Å². The number of benzene rings is 1. The molecule has 4 nitrogen and oxygen atoms in total. The van der Waals surface area contributed by atoms with Crippen LogP contribution in [0.3, 0.4) is 0 Å². The van der Waals surface area contributed by atoms with E-state index in [0.29, 0.717) is 18.9 Å². The lowest BCUT2D eigenvalue weighted by Crippen LogP contribution is -2.13. The van der Waals surface area contributed by atoms with Gasteiger partial charge in [-0.3, -0.25) is 0 Å². The molecule has 0 aliphatic carbocycles. The standard InChI is InChI=1S/C11H12N2O2/c1-2-13-11(14)15-10(12-13)8-9-6-4-3-5-7-9/h3-7H,2,8H2,1H3. The molecule has 4 heteroatoms. The molecule has 0 aliphatic heterocycles. The van der Waals surface area contributed by atoms with E-state index in [1.165, 1.54) is 4.68 Å². The van der Waals surface area contributed by atoms with Crippen LogP contribution in [0.1, 0.15) is 18.4 Å². The first-order valence-electron chi connectivity index (χ1n) is 4.90. The fourth-order valence-electron chi connectivity index (χ4n) is 1.39. The maximum Gasteiger partial charge on any atom is 0.437 e. The molecule has 0 spiro atoms.